The molecule has 6 nitrogen and oxygen atoms in total. The van der Waals surface area contributed by atoms with E-state index in [0.717, 1.165) is 42.7 Å². The van der Waals surface area contributed by atoms with Gasteiger partial charge >= 0.3 is 0 Å². The Morgan fingerprint density at radius 2 is 2.09 bits per heavy atom. The lowest BCUT2D eigenvalue weighted by atomic mass is 10.2. The van der Waals surface area contributed by atoms with E-state index >= 15 is 0 Å². The van der Waals surface area contributed by atoms with Crippen LogP contribution < -0.4 is 4.90 Å². The molecular weight excluding hydrogens is 310 g/mol. The summed E-state index contributed by atoms with van der Waals surface area (Å²) in [6.45, 7) is 3.11. The first-order valence-electron chi connectivity index (χ1n) is 7.64. The van der Waals surface area contributed by atoms with Crippen molar-refractivity contribution >= 4 is 28.0 Å². The summed E-state index contributed by atoms with van der Waals surface area (Å²) < 4.78 is 1.96. The molecule has 1 fully saturated rings. The van der Waals surface area contributed by atoms with E-state index in [1.54, 1.807) is 17.5 Å². The summed E-state index contributed by atoms with van der Waals surface area (Å²) >= 11 is 1.58. The molecule has 3 aromatic heterocycles. The Labute approximate surface area is 138 Å². The first kappa shape index (κ1) is 14.2. The topological polar surface area (TPSA) is 53.7 Å². The van der Waals surface area contributed by atoms with Crippen LogP contribution in [0.15, 0.2) is 42.2 Å². The normalized spacial score (nSPS) is 15.3. The minimum atomic E-state index is 0.149. The van der Waals surface area contributed by atoms with E-state index < -0.39 is 0 Å². The van der Waals surface area contributed by atoms with Gasteiger partial charge in [0.15, 0.2) is 4.96 Å². The third-order valence-electron chi connectivity index (χ3n) is 4.08. The maximum absolute atomic E-state index is 12.5. The second-order valence-electron chi connectivity index (χ2n) is 5.56. The van der Waals surface area contributed by atoms with Crippen molar-refractivity contribution in [2.45, 2.75) is 6.42 Å². The third kappa shape index (κ3) is 2.92. The molecule has 0 atom stereocenters. The Morgan fingerprint density at radius 1 is 1.22 bits per heavy atom. The number of pyridine rings is 1. The van der Waals surface area contributed by atoms with Gasteiger partial charge in [0.2, 0.25) is 5.91 Å². The van der Waals surface area contributed by atoms with Gasteiger partial charge < -0.3 is 9.80 Å². The summed E-state index contributed by atoms with van der Waals surface area (Å²) in [6, 6.07) is 5.92. The second-order valence-corrected chi connectivity index (χ2v) is 6.43. The van der Waals surface area contributed by atoms with Gasteiger partial charge in [-0.1, -0.05) is 6.07 Å². The number of imidazole rings is 1. The van der Waals surface area contributed by atoms with Gasteiger partial charge in [-0.15, -0.1) is 11.3 Å². The van der Waals surface area contributed by atoms with Gasteiger partial charge in [-0.25, -0.2) is 9.97 Å². The maximum atomic E-state index is 12.5. The first-order chi connectivity index (χ1) is 11.3. The summed E-state index contributed by atoms with van der Waals surface area (Å²) in [7, 11) is 0. The van der Waals surface area contributed by atoms with Crippen LogP contribution in [0.4, 0.5) is 5.82 Å². The lowest BCUT2D eigenvalue weighted by Crippen LogP contribution is -2.49. The Hall–Kier alpha value is -2.41. The molecule has 1 aliphatic rings. The van der Waals surface area contributed by atoms with E-state index in [-0.39, 0.29) is 5.91 Å². The molecule has 0 aliphatic carbocycles. The summed E-state index contributed by atoms with van der Waals surface area (Å²) in [5.74, 6) is 1.13. The van der Waals surface area contributed by atoms with Gasteiger partial charge in [0.1, 0.15) is 5.82 Å². The molecule has 4 heterocycles. The van der Waals surface area contributed by atoms with Crippen LogP contribution in [0.2, 0.25) is 0 Å². The summed E-state index contributed by atoms with van der Waals surface area (Å²) in [5, 5.41) is 1.99. The van der Waals surface area contributed by atoms with Crippen LogP contribution >= 0.6 is 11.3 Å². The number of aromatic nitrogens is 3. The van der Waals surface area contributed by atoms with Crippen LogP contribution in [0.5, 0.6) is 0 Å². The summed E-state index contributed by atoms with van der Waals surface area (Å²) in [4.78, 5) is 26.4. The smallest absolute Gasteiger partial charge is 0.228 e. The minimum absolute atomic E-state index is 0.149. The molecule has 118 valence electrons. The SMILES string of the molecule is O=C(Cc1cn2ccsc2n1)N1CCN(c2ccccn2)CC1. The number of fused-ring (bicyclic) bond motifs is 1. The number of carbonyl (C=O) groups excluding carboxylic acids is 1. The van der Waals surface area contributed by atoms with E-state index in [0.29, 0.717) is 6.42 Å². The fraction of sp³-hybridized carbons (Fsp3) is 0.312. The van der Waals surface area contributed by atoms with Crippen LogP contribution in [0, 0.1) is 0 Å². The fourth-order valence-corrected chi connectivity index (χ4v) is 3.57. The average Bonchev–Trinajstić information content (AvgIpc) is 3.17. The van der Waals surface area contributed by atoms with Gasteiger partial charge in [0.25, 0.3) is 0 Å². The molecule has 4 rings (SSSR count). The standard InChI is InChI=1S/C16H17N5OS/c22-15(11-13-12-21-9-10-23-16(21)18-13)20-7-5-19(6-8-20)14-3-1-2-4-17-14/h1-4,9-10,12H,5-8,11H2. The quantitative estimate of drug-likeness (QED) is 0.734. The molecule has 1 saturated heterocycles. The van der Waals surface area contributed by atoms with Gasteiger partial charge in [0.05, 0.1) is 12.1 Å². The molecule has 1 aliphatic heterocycles. The zero-order valence-corrected chi connectivity index (χ0v) is 13.4. The highest BCUT2D eigenvalue weighted by atomic mass is 32.1. The fourth-order valence-electron chi connectivity index (χ4n) is 2.85. The monoisotopic (exact) mass is 327 g/mol. The van der Waals surface area contributed by atoms with Crippen molar-refractivity contribution in [2.75, 3.05) is 31.1 Å². The number of nitrogens with zero attached hydrogens (tertiary/aromatic N) is 5. The van der Waals surface area contributed by atoms with Gasteiger partial charge in [-0.05, 0) is 12.1 Å². The molecule has 0 spiro atoms. The van der Waals surface area contributed by atoms with E-state index in [9.17, 15) is 4.79 Å². The summed E-state index contributed by atoms with van der Waals surface area (Å²) in [6.07, 6.45) is 6.08. The van der Waals surface area contributed by atoms with Crippen LogP contribution in [0.3, 0.4) is 0 Å². The lowest BCUT2D eigenvalue weighted by molar-refractivity contribution is -0.130. The Morgan fingerprint density at radius 3 is 2.83 bits per heavy atom. The van der Waals surface area contributed by atoms with Crippen molar-refractivity contribution in [3.05, 3.63) is 47.9 Å². The highest BCUT2D eigenvalue weighted by molar-refractivity contribution is 7.15. The molecule has 0 bridgehead atoms. The van der Waals surface area contributed by atoms with Gasteiger partial charge in [-0.2, -0.15) is 0 Å². The largest absolute Gasteiger partial charge is 0.353 e. The zero-order chi connectivity index (χ0) is 15.6. The van der Waals surface area contributed by atoms with Crippen molar-refractivity contribution in [2.24, 2.45) is 0 Å². The van der Waals surface area contributed by atoms with Crippen LogP contribution in [-0.4, -0.2) is 51.4 Å². The highest BCUT2D eigenvalue weighted by Gasteiger charge is 2.22. The number of carbonyl (C=O) groups is 1. The molecule has 0 N–H and O–H groups in total. The number of hydrogen-bond acceptors (Lipinski definition) is 5. The lowest BCUT2D eigenvalue weighted by Gasteiger charge is -2.35. The number of rotatable bonds is 3. The Balaban J connectivity index is 1.36. The van der Waals surface area contributed by atoms with Crippen molar-refractivity contribution in [1.82, 2.24) is 19.3 Å². The number of hydrogen-bond donors (Lipinski definition) is 0. The Kier molecular flexibility index (Phi) is 3.70. The molecule has 0 unspecified atom stereocenters. The number of amides is 1. The summed E-state index contributed by atoms with van der Waals surface area (Å²) in [5.41, 5.74) is 0.842. The molecule has 3 aromatic rings. The van der Waals surface area contributed by atoms with Gasteiger partial charge in [0, 0.05) is 50.1 Å². The second kappa shape index (κ2) is 6.00. The Bertz CT molecular complexity index is 776. The van der Waals surface area contributed by atoms with Gasteiger partial charge in [-0.3, -0.25) is 9.20 Å². The van der Waals surface area contributed by atoms with E-state index in [1.165, 1.54) is 0 Å². The van der Waals surface area contributed by atoms with Crippen LogP contribution in [0.25, 0.3) is 4.96 Å². The molecule has 0 radical (unpaired) electrons. The number of piperazine rings is 1. The molecule has 1 amide bonds. The third-order valence-corrected chi connectivity index (χ3v) is 4.85. The van der Waals surface area contributed by atoms with Crippen molar-refractivity contribution in [3.63, 3.8) is 0 Å². The van der Waals surface area contributed by atoms with E-state index in [2.05, 4.69) is 14.9 Å². The zero-order valence-electron chi connectivity index (χ0n) is 12.6. The highest BCUT2D eigenvalue weighted by Crippen LogP contribution is 2.15. The van der Waals surface area contributed by atoms with Crippen LogP contribution in [0.1, 0.15) is 5.69 Å². The average molecular weight is 327 g/mol. The maximum Gasteiger partial charge on any atom is 0.228 e. The number of thiazole rings is 1. The predicted octanol–water partition coefficient (Wildman–Crippen LogP) is 1.68. The molecule has 0 aromatic carbocycles. The minimum Gasteiger partial charge on any atom is -0.353 e. The molecule has 0 saturated carbocycles. The molecular formula is C16H17N5OS. The number of anilines is 1. The van der Waals surface area contributed by atoms with Crippen molar-refractivity contribution in [3.8, 4) is 0 Å². The van der Waals surface area contributed by atoms with Crippen molar-refractivity contribution in [1.29, 1.82) is 0 Å². The van der Waals surface area contributed by atoms with E-state index in [4.69, 9.17) is 0 Å². The molecule has 7 heteroatoms. The van der Waals surface area contributed by atoms with Crippen LogP contribution in [-0.2, 0) is 11.2 Å². The first-order valence-corrected chi connectivity index (χ1v) is 8.52. The molecule has 23 heavy (non-hydrogen) atoms. The predicted molar refractivity (Wildman–Crippen MR) is 89.8 cm³/mol. The van der Waals surface area contributed by atoms with E-state index in [1.807, 2.05) is 45.3 Å². The van der Waals surface area contributed by atoms with Crippen molar-refractivity contribution < 1.29 is 4.79 Å².